The number of carbonyl (C=O) groups is 1. The van der Waals surface area contributed by atoms with Crippen molar-refractivity contribution in [1.29, 1.82) is 0 Å². The molecule has 0 saturated carbocycles. The molecule has 1 aromatic heterocycles. The topological polar surface area (TPSA) is 93.2 Å². The molecule has 7 nitrogen and oxygen atoms in total. The van der Waals surface area contributed by atoms with Crippen molar-refractivity contribution in [2.24, 2.45) is 5.73 Å². The van der Waals surface area contributed by atoms with E-state index in [0.29, 0.717) is 48.2 Å². The molecule has 4 rings (SSSR count). The Balaban J connectivity index is 1.88. The molecule has 1 heterocycles. The van der Waals surface area contributed by atoms with Gasteiger partial charge < -0.3 is 10.6 Å². The predicted octanol–water partition coefficient (Wildman–Crippen LogP) is 4.83. The SMILES string of the molecule is CCC(c1nc2ccc(C)cc2c(=O)n1Nc1ccccc1)N(CCCN)C(=O)c1ccc(C)cc1. The van der Waals surface area contributed by atoms with Gasteiger partial charge in [0.1, 0.15) is 0 Å². The van der Waals surface area contributed by atoms with Gasteiger partial charge in [-0.05, 0) is 69.6 Å². The van der Waals surface area contributed by atoms with E-state index in [1.807, 2.05) is 93.6 Å². The number of benzene rings is 3. The van der Waals surface area contributed by atoms with Gasteiger partial charge in [0.25, 0.3) is 11.5 Å². The van der Waals surface area contributed by atoms with Crippen molar-refractivity contribution in [1.82, 2.24) is 14.6 Å². The van der Waals surface area contributed by atoms with Gasteiger partial charge in [-0.15, -0.1) is 0 Å². The van der Waals surface area contributed by atoms with E-state index in [1.54, 1.807) is 4.90 Å². The molecule has 1 unspecified atom stereocenters. The normalized spacial score (nSPS) is 11.9. The second-order valence-electron chi connectivity index (χ2n) is 9.04. The number of aromatic nitrogens is 2. The minimum absolute atomic E-state index is 0.111. The molecule has 0 bridgehead atoms. The molecule has 0 fully saturated rings. The Labute approximate surface area is 211 Å². The molecule has 4 aromatic rings. The summed E-state index contributed by atoms with van der Waals surface area (Å²) in [6.07, 6.45) is 1.21. The van der Waals surface area contributed by atoms with Crippen LogP contribution in [0.4, 0.5) is 5.69 Å². The van der Waals surface area contributed by atoms with Gasteiger partial charge in [-0.2, -0.15) is 0 Å². The fourth-order valence-corrected chi connectivity index (χ4v) is 4.35. The largest absolute Gasteiger partial charge is 0.330 e. The monoisotopic (exact) mass is 483 g/mol. The summed E-state index contributed by atoms with van der Waals surface area (Å²) in [6.45, 7) is 6.85. The van der Waals surface area contributed by atoms with E-state index in [1.165, 1.54) is 4.68 Å². The first-order valence-electron chi connectivity index (χ1n) is 12.4. The molecule has 36 heavy (non-hydrogen) atoms. The van der Waals surface area contributed by atoms with Crippen LogP contribution in [-0.2, 0) is 0 Å². The molecule has 0 radical (unpaired) electrons. The summed E-state index contributed by atoms with van der Waals surface area (Å²) in [6, 6.07) is 22.2. The molecule has 0 spiro atoms. The van der Waals surface area contributed by atoms with E-state index in [2.05, 4.69) is 5.43 Å². The number of hydrogen-bond acceptors (Lipinski definition) is 5. The van der Waals surface area contributed by atoms with E-state index in [9.17, 15) is 9.59 Å². The number of fused-ring (bicyclic) bond motifs is 1. The average molecular weight is 484 g/mol. The number of nitrogens with zero attached hydrogens (tertiary/aromatic N) is 3. The van der Waals surface area contributed by atoms with Crippen molar-refractivity contribution in [2.75, 3.05) is 18.5 Å². The molecule has 186 valence electrons. The lowest BCUT2D eigenvalue weighted by molar-refractivity contribution is 0.0657. The Kier molecular flexibility index (Phi) is 7.80. The van der Waals surface area contributed by atoms with Crippen molar-refractivity contribution in [2.45, 2.75) is 39.7 Å². The standard InChI is InChI=1S/C29H33N5O2/c1-4-26(33(18-8-17-30)28(35)22-14-11-20(2)12-15-22)27-31-25-16-13-21(3)19-24(25)29(36)34(27)32-23-9-6-5-7-10-23/h5-7,9-16,19,26,32H,4,8,17-18,30H2,1-3H3. The van der Waals surface area contributed by atoms with Crippen LogP contribution in [-0.4, -0.2) is 33.6 Å². The van der Waals surface area contributed by atoms with Crippen LogP contribution in [0.1, 0.15) is 53.1 Å². The van der Waals surface area contributed by atoms with Crippen LogP contribution in [0, 0.1) is 13.8 Å². The number of nitrogens with one attached hydrogen (secondary N) is 1. The fraction of sp³-hybridized carbons (Fsp3) is 0.276. The van der Waals surface area contributed by atoms with Gasteiger partial charge in [-0.25, -0.2) is 9.66 Å². The number of anilines is 1. The van der Waals surface area contributed by atoms with Gasteiger partial charge in [0, 0.05) is 12.1 Å². The third-order valence-electron chi connectivity index (χ3n) is 6.29. The Bertz CT molecular complexity index is 1400. The van der Waals surface area contributed by atoms with Crippen LogP contribution < -0.4 is 16.7 Å². The van der Waals surface area contributed by atoms with E-state index in [-0.39, 0.29) is 11.5 Å². The maximum Gasteiger partial charge on any atom is 0.280 e. The highest BCUT2D eigenvalue weighted by molar-refractivity contribution is 5.94. The molecule has 0 aliphatic heterocycles. The van der Waals surface area contributed by atoms with Crippen molar-refractivity contribution < 1.29 is 4.79 Å². The molecule has 1 amide bonds. The third kappa shape index (κ3) is 5.31. The Morgan fingerprint density at radius 1 is 1.03 bits per heavy atom. The van der Waals surface area contributed by atoms with Gasteiger partial charge in [0.2, 0.25) is 0 Å². The first-order chi connectivity index (χ1) is 17.4. The quantitative estimate of drug-likeness (QED) is 0.356. The van der Waals surface area contributed by atoms with Crippen LogP contribution in [0.2, 0.25) is 0 Å². The molecule has 0 saturated heterocycles. The number of nitrogens with two attached hydrogens (primary N) is 1. The lowest BCUT2D eigenvalue weighted by atomic mass is 10.1. The maximum atomic E-state index is 13.8. The number of aryl methyl sites for hydroxylation is 2. The lowest BCUT2D eigenvalue weighted by Gasteiger charge is -2.32. The predicted molar refractivity (Wildman–Crippen MR) is 145 cm³/mol. The van der Waals surface area contributed by atoms with Crippen LogP contribution in [0.5, 0.6) is 0 Å². The first-order valence-corrected chi connectivity index (χ1v) is 12.4. The number of para-hydroxylation sites is 1. The molecular formula is C29H33N5O2. The Hall–Kier alpha value is -3.97. The van der Waals surface area contributed by atoms with Crippen LogP contribution in [0.3, 0.4) is 0 Å². The number of hydrogen-bond donors (Lipinski definition) is 2. The minimum atomic E-state index is -0.444. The summed E-state index contributed by atoms with van der Waals surface area (Å²) in [5, 5.41) is 0.524. The van der Waals surface area contributed by atoms with Crippen molar-refractivity contribution >= 4 is 22.5 Å². The molecule has 1 atom stereocenters. The van der Waals surface area contributed by atoms with E-state index < -0.39 is 6.04 Å². The van der Waals surface area contributed by atoms with Crippen molar-refractivity contribution in [3.63, 3.8) is 0 Å². The molecule has 7 heteroatoms. The maximum absolute atomic E-state index is 13.8. The highest BCUT2D eigenvalue weighted by Gasteiger charge is 2.29. The summed E-state index contributed by atoms with van der Waals surface area (Å²) in [4.78, 5) is 34.3. The van der Waals surface area contributed by atoms with E-state index in [4.69, 9.17) is 10.7 Å². The van der Waals surface area contributed by atoms with Crippen molar-refractivity contribution in [3.05, 3.63) is 106 Å². The highest BCUT2D eigenvalue weighted by Crippen LogP contribution is 2.26. The molecule has 3 N–H and O–H groups in total. The zero-order valence-electron chi connectivity index (χ0n) is 21.1. The summed E-state index contributed by atoms with van der Waals surface area (Å²) in [5.41, 5.74) is 12.9. The highest BCUT2D eigenvalue weighted by atomic mass is 16.2. The van der Waals surface area contributed by atoms with Gasteiger partial charge in [0.15, 0.2) is 5.82 Å². The Morgan fingerprint density at radius 2 is 1.72 bits per heavy atom. The van der Waals surface area contributed by atoms with Crippen LogP contribution >= 0.6 is 0 Å². The first kappa shape index (κ1) is 25.1. The van der Waals surface area contributed by atoms with Gasteiger partial charge in [-0.3, -0.25) is 15.0 Å². The van der Waals surface area contributed by atoms with Gasteiger partial charge >= 0.3 is 0 Å². The van der Waals surface area contributed by atoms with Gasteiger partial charge in [0.05, 0.1) is 22.6 Å². The second kappa shape index (κ2) is 11.2. The van der Waals surface area contributed by atoms with Crippen LogP contribution in [0.15, 0.2) is 77.6 Å². The lowest BCUT2D eigenvalue weighted by Crippen LogP contribution is -2.41. The van der Waals surface area contributed by atoms with Crippen LogP contribution in [0.25, 0.3) is 10.9 Å². The number of amides is 1. The summed E-state index contributed by atoms with van der Waals surface area (Å²) in [5.74, 6) is 0.375. The summed E-state index contributed by atoms with van der Waals surface area (Å²) >= 11 is 0. The summed E-state index contributed by atoms with van der Waals surface area (Å²) < 4.78 is 1.49. The molecule has 0 aliphatic carbocycles. The zero-order valence-corrected chi connectivity index (χ0v) is 21.1. The smallest absolute Gasteiger partial charge is 0.280 e. The zero-order chi connectivity index (χ0) is 25.7. The number of carbonyl (C=O) groups excluding carboxylic acids is 1. The summed E-state index contributed by atoms with van der Waals surface area (Å²) in [7, 11) is 0. The second-order valence-corrected chi connectivity index (χ2v) is 9.04. The fourth-order valence-electron chi connectivity index (χ4n) is 4.35. The average Bonchev–Trinajstić information content (AvgIpc) is 2.89. The van der Waals surface area contributed by atoms with Gasteiger partial charge in [-0.1, -0.05) is 54.4 Å². The molecular weight excluding hydrogens is 450 g/mol. The van der Waals surface area contributed by atoms with Crippen molar-refractivity contribution in [3.8, 4) is 0 Å². The molecule has 0 aliphatic rings. The Morgan fingerprint density at radius 3 is 2.39 bits per heavy atom. The van der Waals surface area contributed by atoms with E-state index in [0.717, 1.165) is 16.8 Å². The number of rotatable bonds is 9. The third-order valence-corrected chi connectivity index (χ3v) is 6.29. The molecule has 3 aromatic carbocycles. The van der Waals surface area contributed by atoms with E-state index >= 15 is 0 Å². The minimum Gasteiger partial charge on any atom is -0.330 e.